The Morgan fingerprint density at radius 2 is 1.52 bits per heavy atom. The fraction of sp³-hybridized carbons (Fsp3) is 0.208. The van der Waals surface area contributed by atoms with Gasteiger partial charge in [0, 0.05) is 5.69 Å². The number of carbonyl (C=O) groups is 1. The lowest BCUT2D eigenvalue weighted by molar-refractivity contribution is -0.114. The number of rotatable bonds is 8. The van der Waals surface area contributed by atoms with Crippen molar-refractivity contribution >= 4 is 38.9 Å². The van der Waals surface area contributed by atoms with Crippen molar-refractivity contribution in [2.45, 2.75) is 18.7 Å². The SMILES string of the molecule is COc1ccc(N(CC(=O)Nc2ccc(C)cc2)S(=O)(=O)c2cc(C)ccc2OC)cc1Cl. The molecule has 0 radical (unpaired) electrons. The molecule has 0 fully saturated rings. The summed E-state index contributed by atoms with van der Waals surface area (Å²) in [5.74, 6) is 0.0418. The first-order chi connectivity index (χ1) is 15.6. The third kappa shape index (κ3) is 5.58. The lowest BCUT2D eigenvalue weighted by atomic mass is 10.2. The third-order valence-corrected chi connectivity index (χ3v) is 7.02. The summed E-state index contributed by atoms with van der Waals surface area (Å²) in [7, 11) is -1.35. The largest absolute Gasteiger partial charge is 0.495 e. The molecule has 0 aromatic heterocycles. The highest BCUT2D eigenvalue weighted by Gasteiger charge is 2.30. The molecule has 0 atom stereocenters. The Labute approximate surface area is 198 Å². The molecule has 0 saturated carbocycles. The number of aryl methyl sites for hydroxylation is 2. The Morgan fingerprint density at radius 3 is 2.12 bits per heavy atom. The molecule has 33 heavy (non-hydrogen) atoms. The van der Waals surface area contributed by atoms with Crippen molar-refractivity contribution in [3.63, 3.8) is 0 Å². The van der Waals surface area contributed by atoms with Gasteiger partial charge in [-0.2, -0.15) is 0 Å². The highest BCUT2D eigenvalue weighted by atomic mass is 35.5. The smallest absolute Gasteiger partial charge is 0.268 e. The maximum Gasteiger partial charge on any atom is 0.268 e. The van der Waals surface area contributed by atoms with Crippen LogP contribution in [0.3, 0.4) is 0 Å². The quantitative estimate of drug-likeness (QED) is 0.492. The van der Waals surface area contributed by atoms with E-state index in [0.717, 1.165) is 15.4 Å². The lowest BCUT2D eigenvalue weighted by Gasteiger charge is -2.25. The Bertz CT molecular complexity index is 1260. The first-order valence-electron chi connectivity index (χ1n) is 10.0. The highest BCUT2D eigenvalue weighted by Crippen LogP contribution is 2.34. The molecule has 3 rings (SSSR count). The number of sulfonamides is 1. The van der Waals surface area contributed by atoms with Gasteiger partial charge in [-0.05, 0) is 61.9 Å². The van der Waals surface area contributed by atoms with Crippen LogP contribution in [-0.2, 0) is 14.8 Å². The molecule has 3 aromatic rings. The summed E-state index contributed by atoms with van der Waals surface area (Å²) in [6.07, 6.45) is 0. The van der Waals surface area contributed by atoms with Crippen molar-refractivity contribution in [2.75, 3.05) is 30.4 Å². The minimum Gasteiger partial charge on any atom is -0.495 e. The molecule has 0 saturated heterocycles. The van der Waals surface area contributed by atoms with Crippen molar-refractivity contribution < 1.29 is 22.7 Å². The Kier molecular flexibility index (Phi) is 7.50. The van der Waals surface area contributed by atoms with E-state index >= 15 is 0 Å². The number of nitrogens with one attached hydrogen (secondary N) is 1. The number of benzene rings is 3. The zero-order valence-electron chi connectivity index (χ0n) is 18.8. The summed E-state index contributed by atoms with van der Waals surface area (Å²) in [6.45, 7) is 3.23. The van der Waals surface area contributed by atoms with Gasteiger partial charge in [0.1, 0.15) is 22.9 Å². The monoisotopic (exact) mass is 488 g/mol. The van der Waals surface area contributed by atoms with Crippen LogP contribution in [0.5, 0.6) is 11.5 Å². The molecule has 0 aliphatic heterocycles. The van der Waals surface area contributed by atoms with E-state index in [-0.39, 0.29) is 21.4 Å². The van der Waals surface area contributed by atoms with Crippen LogP contribution in [0.15, 0.2) is 65.6 Å². The van der Waals surface area contributed by atoms with Crippen LogP contribution in [0.25, 0.3) is 0 Å². The lowest BCUT2D eigenvalue weighted by Crippen LogP contribution is -2.38. The molecule has 7 nitrogen and oxygen atoms in total. The second kappa shape index (κ2) is 10.1. The molecule has 9 heteroatoms. The predicted octanol–water partition coefficient (Wildman–Crippen LogP) is 4.81. The number of methoxy groups -OCH3 is 2. The average Bonchev–Trinajstić information content (AvgIpc) is 2.79. The topological polar surface area (TPSA) is 84.9 Å². The van der Waals surface area contributed by atoms with Crippen LogP contribution in [0.1, 0.15) is 11.1 Å². The number of anilines is 2. The molecule has 0 unspecified atom stereocenters. The van der Waals surface area contributed by atoms with Gasteiger partial charge in [0.05, 0.1) is 24.9 Å². The Balaban J connectivity index is 2.05. The molecule has 174 valence electrons. The summed E-state index contributed by atoms with van der Waals surface area (Å²) < 4.78 is 39.0. The van der Waals surface area contributed by atoms with E-state index in [2.05, 4.69) is 5.32 Å². The van der Waals surface area contributed by atoms with Crippen LogP contribution in [0, 0.1) is 13.8 Å². The zero-order chi connectivity index (χ0) is 24.2. The van der Waals surface area contributed by atoms with Gasteiger partial charge in [-0.25, -0.2) is 8.42 Å². The third-order valence-electron chi connectivity index (χ3n) is 4.93. The fourth-order valence-corrected chi connectivity index (χ4v) is 5.11. The van der Waals surface area contributed by atoms with E-state index in [1.54, 1.807) is 37.3 Å². The van der Waals surface area contributed by atoms with Crippen LogP contribution in [0.2, 0.25) is 5.02 Å². The molecule has 3 aromatic carbocycles. The first kappa shape index (κ1) is 24.4. The van der Waals surface area contributed by atoms with Gasteiger partial charge in [-0.3, -0.25) is 9.10 Å². The number of nitrogens with zero attached hydrogens (tertiary/aromatic N) is 1. The van der Waals surface area contributed by atoms with Crippen molar-refractivity contribution in [3.05, 3.63) is 76.8 Å². The van der Waals surface area contributed by atoms with Crippen molar-refractivity contribution in [2.24, 2.45) is 0 Å². The molecule has 1 amide bonds. The number of hydrogen-bond donors (Lipinski definition) is 1. The number of carbonyl (C=O) groups excluding carboxylic acids is 1. The molecule has 0 heterocycles. The summed E-state index contributed by atoms with van der Waals surface area (Å²) in [5.41, 5.74) is 2.54. The summed E-state index contributed by atoms with van der Waals surface area (Å²) in [5, 5.41) is 2.95. The van der Waals surface area contributed by atoms with Gasteiger partial charge in [0.15, 0.2) is 0 Å². The average molecular weight is 489 g/mol. The summed E-state index contributed by atoms with van der Waals surface area (Å²) >= 11 is 6.26. The maximum atomic E-state index is 13.8. The maximum absolute atomic E-state index is 13.8. The Morgan fingerprint density at radius 1 is 0.909 bits per heavy atom. The van der Waals surface area contributed by atoms with E-state index in [1.807, 2.05) is 19.1 Å². The van der Waals surface area contributed by atoms with Gasteiger partial charge < -0.3 is 14.8 Å². The van der Waals surface area contributed by atoms with Gasteiger partial charge in [0.2, 0.25) is 5.91 Å². The van der Waals surface area contributed by atoms with E-state index in [1.165, 1.54) is 32.4 Å². The highest BCUT2D eigenvalue weighted by molar-refractivity contribution is 7.93. The second-order valence-corrected chi connectivity index (χ2v) is 9.64. The van der Waals surface area contributed by atoms with Crippen molar-refractivity contribution in [3.8, 4) is 11.5 Å². The van der Waals surface area contributed by atoms with Gasteiger partial charge in [0.25, 0.3) is 10.0 Å². The minimum atomic E-state index is -4.20. The molecule has 1 N–H and O–H groups in total. The normalized spacial score (nSPS) is 11.1. The minimum absolute atomic E-state index is 0.0555. The van der Waals surface area contributed by atoms with Crippen molar-refractivity contribution in [1.29, 1.82) is 0 Å². The molecule has 0 aliphatic carbocycles. The molecular weight excluding hydrogens is 464 g/mol. The molecular formula is C24H25ClN2O5S. The van der Waals surface area contributed by atoms with Crippen LogP contribution in [0.4, 0.5) is 11.4 Å². The number of amides is 1. The van der Waals surface area contributed by atoms with E-state index in [9.17, 15) is 13.2 Å². The second-order valence-electron chi connectivity index (χ2n) is 7.40. The van der Waals surface area contributed by atoms with Gasteiger partial charge in [-0.1, -0.05) is 35.4 Å². The summed E-state index contributed by atoms with van der Waals surface area (Å²) in [6, 6.07) is 16.6. The number of hydrogen-bond acceptors (Lipinski definition) is 5. The molecule has 0 bridgehead atoms. The first-order valence-corrected chi connectivity index (χ1v) is 11.8. The molecule has 0 spiro atoms. The zero-order valence-corrected chi connectivity index (χ0v) is 20.3. The fourth-order valence-electron chi connectivity index (χ4n) is 3.20. The number of halogens is 1. The van der Waals surface area contributed by atoms with E-state index < -0.39 is 22.5 Å². The van der Waals surface area contributed by atoms with E-state index in [4.69, 9.17) is 21.1 Å². The van der Waals surface area contributed by atoms with E-state index in [0.29, 0.717) is 11.4 Å². The van der Waals surface area contributed by atoms with Crippen LogP contribution >= 0.6 is 11.6 Å². The number of ether oxygens (including phenoxy) is 2. The standard InChI is InChI=1S/C24H25ClN2O5S/c1-16-5-8-18(9-6-16)26-24(28)15-27(19-10-12-21(31-3)20(25)14-19)33(29,30)23-13-17(2)7-11-22(23)32-4/h5-14H,15H2,1-4H3,(H,26,28). The van der Waals surface area contributed by atoms with Gasteiger partial charge in [-0.15, -0.1) is 0 Å². The Hall–Kier alpha value is -3.23. The van der Waals surface area contributed by atoms with Crippen LogP contribution < -0.4 is 19.1 Å². The summed E-state index contributed by atoms with van der Waals surface area (Å²) in [4.78, 5) is 12.8. The van der Waals surface area contributed by atoms with Crippen LogP contribution in [-0.4, -0.2) is 35.1 Å². The predicted molar refractivity (Wildman–Crippen MR) is 130 cm³/mol. The van der Waals surface area contributed by atoms with Crippen molar-refractivity contribution in [1.82, 2.24) is 0 Å². The molecule has 0 aliphatic rings. The van der Waals surface area contributed by atoms with Gasteiger partial charge >= 0.3 is 0 Å².